The number of benzene rings is 2. The Labute approximate surface area is 206 Å². The fraction of sp³-hybridized carbons (Fsp3) is 0.154. The minimum Gasteiger partial charge on any atom is -0.467 e. The van der Waals surface area contributed by atoms with E-state index >= 15 is 0 Å². The highest BCUT2D eigenvalue weighted by atomic mass is 16.5. The van der Waals surface area contributed by atoms with Crippen molar-refractivity contribution in [3.05, 3.63) is 88.9 Å². The topological polar surface area (TPSA) is 134 Å². The van der Waals surface area contributed by atoms with Crippen molar-refractivity contribution in [1.82, 2.24) is 29.5 Å². The number of hydrogen-bond donors (Lipinski definition) is 2. The second-order valence-corrected chi connectivity index (χ2v) is 8.23. The SMILES string of the molecule is COc1ncc(-c2cccc3nc([C@H](C)Nc4nc(N)ncc4C)n(-c4ccccc4)c(=O)c23)cn1. The maximum atomic E-state index is 14.1. The normalized spacial score (nSPS) is 11.9. The molecule has 0 bridgehead atoms. The molecular formula is C26H24N8O2. The second kappa shape index (κ2) is 9.41. The highest BCUT2D eigenvalue weighted by molar-refractivity contribution is 5.94. The van der Waals surface area contributed by atoms with Gasteiger partial charge in [-0.15, -0.1) is 0 Å². The first-order valence-electron chi connectivity index (χ1n) is 11.3. The highest BCUT2D eigenvalue weighted by Crippen LogP contribution is 2.28. The van der Waals surface area contributed by atoms with E-state index in [1.807, 2.05) is 62.4 Å². The number of rotatable bonds is 6. The first-order chi connectivity index (χ1) is 17.5. The van der Waals surface area contributed by atoms with E-state index in [0.717, 1.165) is 5.56 Å². The number of hydrogen-bond acceptors (Lipinski definition) is 9. The van der Waals surface area contributed by atoms with Crippen molar-refractivity contribution < 1.29 is 4.74 Å². The molecule has 36 heavy (non-hydrogen) atoms. The van der Waals surface area contributed by atoms with Gasteiger partial charge in [-0.1, -0.05) is 30.3 Å². The Hall–Kier alpha value is -4.86. The van der Waals surface area contributed by atoms with E-state index in [-0.39, 0.29) is 23.6 Å². The number of fused-ring (bicyclic) bond motifs is 1. The van der Waals surface area contributed by atoms with Crippen LogP contribution in [-0.2, 0) is 0 Å². The molecule has 5 rings (SSSR count). The average molecular weight is 481 g/mol. The molecule has 0 spiro atoms. The largest absolute Gasteiger partial charge is 0.467 e. The van der Waals surface area contributed by atoms with E-state index in [0.29, 0.717) is 39.4 Å². The predicted octanol–water partition coefficient (Wildman–Crippen LogP) is 3.71. The zero-order valence-electron chi connectivity index (χ0n) is 20.0. The quantitative estimate of drug-likeness (QED) is 0.373. The van der Waals surface area contributed by atoms with Crippen LogP contribution in [0.2, 0.25) is 0 Å². The van der Waals surface area contributed by atoms with Gasteiger partial charge in [-0.3, -0.25) is 9.36 Å². The van der Waals surface area contributed by atoms with Gasteiger partial charge < -0.3 is 15.8 Å². The first-order valence-corrected chi connectivity index (χ1v) is 11.3. The van der Waals surface area contributed by atoms with E-state index in [4.69, 9.17) is 15.5 Å². The minimum absolute atomic E-state index is 0.161. The van der Waals surface area contributed by atoms with Gasteiger partial charge in [-0.05, 0) is 37.6 Å². The van der Waals surface area contributed by atoms with Crippen LogP contribution in [-0.4, -0.2) is 36.6 Å². The van der Waals surface area contributed by atoms with Crippen LogP contribution in [0.15, 0.2) is 71.9 Å². The lowest BCUT2D eigenvalue weighted by molar-refractivity contribution is 0.380. The molecule has 1 atom stereocenters. The van der Waals surface area contributed by atoms with Crippen LogP contribution < -0.4 is 21.3 Å². The van der Waals surface area contributed by atoms with Crippen molar-refractivity contribution >= 4 is 22.7 Å². The second-order valence-electron chi connectivity index (χ2n) is 8.23. The van der Waals surface area contributed by atoms with Crippen LogP contribution >= 0.6 is 0 Å². The Bertz CT molecular complexity index is 1600. The minimum atomic E-state index is -0.386. The number of nitrogen functional groups attached to an aromatic ring is 1. The fourth-order valence-corrected chi connectivity index (χ4v) is 4.04. The molecule has 0 aliphatic rings. The monoisotopic (exact) mass is 480 g/mol. The Morgan fingerprint density at radius 3 is 2.44 bits per heavy atom. The molecule has 3 N–H and O–H groups in total. The molecule has 10 heteroatoms. The summed E-state index contributed by atoms with van der Waals surface area (Å²) in [6.07, 6.45) is 4.92. The molecule has 0 aliphatic heterocycles. The van der Waals surface area contributed by atoms with E-state index in [9.17, 15) is 4.79 Å². The molecule has 0 unspecified atom stereocenters. The third-order valence-electron chi connectivity index (χ3n) is 5.79. The third kappa shape index (κ3) is 4.20. The highest BCUT2D eigenvalue weighted by Gasteiger charge is 2.21. The van der Waals surface area contributed by atoms with Gasteiger partial charge >= 0.3 is 6.01 Å². The number of nitrogens with one attached hydrogen (secondary N) is 1. The van der Waals surface area contributed by atoms with Crippen molar-refractivity contribution in [2.75, 3.05) is 18.2 Å². The summed E-state index contributed by atoms with van der Waals surface area (Å²) in [4.78, 5) is 35.8. The number of nitrogens with two attached hydrogens (primary N) is 1. The summed E-state index contributed by atoms with van der Waals surface area (Å²) in [5, 5.41) is 3.81. The number of anilines is 2. The van der Waals surface area contributed by atoms with Crippen molar-refractivity contribution in [3.8, 4) is 22.8 Å². The van der Waals surface area contributed by atoms with Crippen molar-refractivity contribution in [2.45, 2.75) is 19.9 Å². The smallest absolute Gasteiger partial charge is 0.316 e. The van der Waals surface area contributed by atoms with Gasteiger partial charge in [-0.2, -0.15) is 4.98 Å². The average Bonchev–Trinajstić information content (AvgIpc) is 2.90. The zero-order valence-corrected chi connectivity index (χ0v) is 20.0. The van der Waals surface area contributed by atoms with Crippen LogP contribution in [0.3, 0.4) is 0 Å². The predicted molar refractivity (Wildman–Crippen MR) is 138 cm³/mol. The molecule has 180 valence electrons. The molecule has 0 saturated carbocycles. The molecule has 0 aliphatic carbocycles. The number of methoxy groups -OCH3 is 1. The van der Waals surface area contributed by atoms with Crippen LogP contribution in [0.1, 0.15) is 24.4 Å². The molecule has 3 heterocycles. The number of ether oxygens (including phenoxy) is 1. The maximum absolute atomic E-state index is 14.1. The number of aryl methyl sites for hydroxylation is 1. The third-order valence-corrected chi connectivity index (χ3v) is 5.79. The molecule has 10 nitrogen and oxygen atoms in total. The molecule has 0 saturated heterocycles. The standard InChI is InChI=1S/C26H24N8O2/c1-15-12-28-25(27)33-22(15)31-16(2)23-32-20-11-7-10-19(17-13-29-26(36-3)30-14-17)21(20)24(35)34(23)18-8-5-4-6-9-18/h4-14,16H,1-3H3,(H3,27,28,31,33)/t16-/m0/s1. The van der Waals surface area contributed by atoms with Crippen LogP contribution in [0.4, 0.5) is 11.8 Å². The van der Waals surface area contributed by atoms with Crippen LogP contribution in [0, 0.1) is 6.92 Å². The van der Waals surface area contributed by atoms with Gasteiger partial charge in [0.2, 0.25) is 5.95 Å². The van der Waals surface area contributed by atoms with Gasteiger partial charge in [0.05, 0.1) is 29.7 Å². The Morgan fingerprint density at radius 1 is 0.972 bits per heavy atom. The lowest BCUT2D eigenvalue weighted by Crippen LogP contribution is -2.28. The summed E-state index contributed by atoms with van der Waals surface area (Å²) < 4.78 is 6.69. The first kappa shape index (κ1) is 22.9. The Balaban J connectivity index is 1.73. The maximum Gasteiger partial charge on any atom is 0.316 e. The summed E-state index contributed by atoms with van der Waals surface area (Å²) in [5.74, 6) is 1.26. The Kier molecular flexibility index (Phi) is 5.99. The van der Waals surface area contributed by atoms with Gasteiger partial charge in [0.1, 0.15) is 11.6 Å². The summed E-state index contributed by atoms with van der Waals surface area (Å²) in [6, 6.07) is 14.8. The molecule has 3 aromatic heterocycles. The molecule has 5 aromatic rings. The number of nitrogens with zero attached hydrogens (tertiary/aromatic N) is 6. The summed E-state index contributed by atoms with van der Waals surface area (Å²) in [5.41, 5.74) is 9.04. The van der Waals surface area contributed by atoms with Crippen molar-refractivity contribution in [3.63, 3.8) is 0 Å². The lowest BCUT2D eigenvalue weighted by Gasteiger charge is -2.21. The summed E-state index contributed by atoms with van der Waals surface area (Å²) >= 11 is 0. The Morgan fingerprint density at radius 2 is 1.72 bits per heavy atom. The fourth-order valence-electron chi connectivity index (χ4n) is 4.04. The molecular weight excluding hydrogens is 456 g/mol. The van der Waals surface area contributed by atoms with Crippen molar-refractivity contribution in [1.29, 1.82) is 0 Å². The van der Waals surface area contributed by atoms with Crippen LogP contribution in [0.25, 0.3) is 27.7 Å². The molecule has 0 amide bonds. The summed E-state index contributed by atoms with van der Waals surface area (Å²) in [6.45, 7) is 3.81. The molecule has 0 fully saturated rings. The van der Waals surface area contributed by atoms with Gasteiger partial charge in [0, 0.05) is 29.7 Å². The molecule has 2 aromatic carbocycles. The summed E-state index contributed by atoms with van der Waals surface area (Å²) in [7, 11) is 1.50. The zero-order chi connectivity index (χ0) is 25.2. The van der Waals surface area contributed by atoms with E-state index < -0.39 is 0 Å². The number of aromatic nitrogens is 6. The lowest BCUT2D eigenvalue weighted by atomic mass is 10.0. The van der Waals surface area contributed by atoms with Gasteiger partial charge in [-0.25, -0.2) is 19.9 Å². The van der Waals surface area contributed by atoms with E-state index in [1.165, 1.54) is 7.11 Å². The number of para-hydroxylation sites is 1. The van der Waals surface area contributed by atoms with Crippen molar-refractivity contribution in [2.24, 2.45) is 0 Å². The van der Waals surface area contributed by atoms with Crippen LogP contribution in [0.5, 0.6) is 6.01 Å². The molecule has 0 radical (unpaired) electrons. The van der Waals surface area contributed by atoms with Gasteiger partial charge in [0.15, 0.2) is 0 Å². The van der Waals surface area contributed by atoms with Gasteiger partial charge in [0.25, 0.3) is 5.56 Å². The van der Waals surface area contributed by atoms with E-state index in [1.54, 1.807) is 23.2 Å². The van der Waals surface area contributed by atoms with E-state index in [2.05, 4.69) is 25.3 Å².